The van der Waals surface area contributed by atoms with Crippen LogP contribution >= 0.6 is 11.8 Å². The van der Waals surface area contributed by atoms with Gasteiger partial charge in [-0.05, 0) is 12.1 Å². The zero-order valence-corrected chi connectivity index (χ0v) is 10.6. The number of aromatic nitrogens is 1. The van der Waals surface area contributed by atoms with E-state index in [4.69, 9.17) is 9.52 Å². The third-order valence-electron chi connectivity index (χ3n) is 2.34. The minimum Gasteiger partial charge on any atom is -0.444 e. The summed E-state index contributed by atoms with van der Waals surface area (Å²) >= 11 is 1.52. The molecule has 0 fully saturated rings. The minimum absolute atomic E-state index is 0.207. The number of hydrogen-bond donors (Lipinski definition) is 2. The Bertz CT molecular complexity index is 472. The Morgan fingerprint density at radius 2 is 2.06 bits per heavy atom. The van der Waals surface area contributed by atoms with Gasteiger partial charge in [-0.25, -0.2) is 4.98 Å². The molecule has 5 heteroatoms. The Kier molecular flexibility index (Phi) is 4.81. The molecule has 1 atom stereocenters. The van der Waals surface area contributed by atoms with Gasteiger partial charge in [0.1, 0.15) is 6.26 Å². The van der Waals surface area contributed by atoms with Gasteiger partial charge >= 0.3 is 0 Å². The molecular weight excluding hydrogens is 250 g/mol. The van der Waals surface area contributed by atoms with E-state index in [2.05, 4.69) is 4.98 Å². The highest BCUT2D eigenvalue weighted by molar-refractivity contribution is 7.98. The van der Waals surface area contributed by atoms with Gasteiger partial charge in [-0.1, -0.05) is 18.2 Å². The van der Waals surface area contributed by atoms with E-state index < -0.39 is 6.10 Å². The van der Waals surface area contributed by atoms with Crippen molar-refractivity contribution in [2.24, 2.45) is 0 Å². The van der Waals surface area contributed by atoms with E-state index in [0.717, 1.165) is 11.3 Å². The number of aliphatic hydroxyl groups is 2. The van der Waals surface area contributed by atoms with Crippen LogP contribution in [0.25, 0.3) is 11.5 Å². The SMILES string of the molecule is OCC(O)CSCc1coc(-c2ccccc2)n1. The summed E-state index contributed by atoms with van der Waals surface area (Å²) in [5.74, 6) is 1.76. The standard InChI is InChI=1S/C13H15NO3S/c15-6-12(16)9-18-8-11-7-17-13(14-11)10-4-2-1-3-5-10/h1-5,7,12,15-16H,6,8-9H2. The van der Waals surface area contributed by atoms with Gasteiger partial charge in [0, 0.05) is 17.1 Å². The van der Waals surface area contributed by atoms with Crippen LogP contribution in [0.1, 0.15) is 5.69 Å². The van der Waals surface area contributed by atoms with Crippen molar-refractivity contribution in [2.45, 2.75) is 11.9 Å². The van der Waals surface area contributed by atoms with Crippen molar-refractivity contribution in [3.63, 3.8) is 0 Å². The molecule has 0 aliphatic heterocycles. The molecule has 1 heterocycles. The Morgan fingerprint density at radius 1 is 1.28 bits per heavy atom. The molecule has 0 aliphatic carbocycles. The second-order valence-electron chi connectivity index (χ2n) is 3.86. The fourth-order valence-corrected chi connectivity index (χ4v) is 2.28. The van der Waals surface area contributed by atoms with Crippen molar-refractivity contribution < 1.29 is 14.6 Å². The number of nitrogens with zero attached hydrogens (tertiary/aromatic N) is 1. The summed E-state index contributed by atoms with van der Waals surface area (Å²) < 4.78 is 5.40. The van der Waals surface area contributed by atoms with Crippen molar-refractivity contribution in [3.05, 3.63) is 42.3 Å². The summed E-state index contributed by atoms with van der Waals surface area (Å²) in [5, 5.41) is 17.9. The van der Waals surface area contributed by atoms with Gasteiger partial charge in [-0.15, -0.1) is 0 Å². The molecule has 0 aliphatic rings. The van der Waals surface area contributed by atoms with E-state index in [-0.39, 0.29) is 6.61 Å². The second-order valence-corrected chi connectivity index (χ2v) is 4.89. The van der Waals surface area contributed by atoms with Crippen molar-refractivity contribution in [2.75, 3.05) is 12.4 Å². The maximum Gasteiger partial charge on any atom is 0.226 e. The number of benzene rings is 1. The molecular formula is C13H15NO3S. The first kappa shape index (κ1) is 13.1. The fraction of sp³-hybridized carbons (Fsp3) is 0.308. The third-order valence-corrected chi connectivity index (χ3v) is 3.46. The maximum atomic E-state index is 9.20. The Morgan fingerprint density at radius 3 is 2.78 bits per heavy atom. The minimum atomic E-state index is -0.671. The number of hydrogen-bond acceptors (Lipinski definition) is 5. The van der Waals surface area contributed by atoms with Gasteiger partial charge in [-0.2, -0.15) is 11.8 Å². The summed E-state index contributed by atoms with van der Waals surface area (Å²) in [6.07, 6.45) is 0.955. The van der Waals surface area contributed by atoms with Crippen molar-refractivity contribution in [3.8, 4) is 11.5 Å². The zero-order chi connectivity index (χ0) is 12.8. The smallest absolute Gasteiger partial charge is 0.226 e. The topological polar surface area (TPSA) is 66.5 Å². The van der Waals surface area contributed by atoms with E-state index in [1.54, 1.807) is 6.26 Å². The quantitative estimate of drug-likeness (QED) is 0.835. The largest absolute Gasteiger partial charge is 0.444 e. The normalized spacial score (nSPS) is 12.6. The van der Waals surface area contributed by atoms with Crippen LogP contribution in [0.3, 0.4) is 0 Å². The molecule has 96 valence electrons. The molecule has 2 rings (SSSR count). The highest BCUT2D eigenvalue weighted by Crippen LogP contribution is 2.20. The lowest BCUT2D eigenvalue weighted by atomic mass is 10.2. The predicted octanol–water partition coefficient (Wildman–Crippen LogP) is 1.93. The molecule has 1 unspecified atom stereocenters. The van der Waals surface area contributed by atoms with Crippen LogP contribution in [-0.2, 0) is 5.75 Å². The van der Waals surface area contributed by atoms with Crippen molar-refractivity contribution in [1.82, 2.24) is 4.98 Å². The van der Waals surface area contributed by atoms with Gasteiger partial charge in [0.25, 0.3) is 0 Å². The first-order valence-corrected chi connectivity index (χ1v) is 6.81. The lowest BCUT2D eigenvalue weighted by Crippen LogP contribution is -2.14. The lowest BCUT2D eigenvalue weighted by Gasteiger charge is -2.04. The number of thioether (sulfide) groups is 1. The number of rotatable bonds is 6. The van der Waals surface area contributed by atoms with Gasteiger partial charge in [-0.3, -0.25) is 0 Å². The average molecular weight is 265 g/mol. The van der Waals surface area contributed by atoms with E-state index in [1.807, 2.05) is 30.3 Å². The summed E-state index contributed by atoms with van der Waals surface area (Å²) in [7, 11) is 0. The Hall–Kier alpha value is -1.30. The first-order valence-electron chi connectivity index (χ1n) is 5.66. The van der Waals surface area contributed by atoms with Gasteiger partial charge in [0.2, 0.25) is 5.89 Å². The zero-order valence-electron chi connectivity index (χ0n) is 9.82. The van der Waals surface area contributed by atoms with Crippen molar-refractivity contribution in [1.29, 1.82) is 0 Å². The number of aliphatic hydroxyl groups excluding tert-OH is 2. The summed E-state index contributed by atoms with van der Waals surface area (Å²) in [6.45, 7) is -0.207. The van der Waals surface area contributed by atoms with Crippen LogP contribution < -0.4 is 0 Å². The molecule has 2 aromatic rings. The second kappa shape index (κ2) is 6.58. The van der Waals surface area contributed by atoms with E-state index >= 15 is 0 Å². The predicted molar refractivity (Wildman–Crippen MR) is 71.2 cm³/mol. The average Bonchev–Trinajstić information content (AvgIpc) is 2.88. The molecule has 18 heavy (non-hydrogen) atoms. The first-order chi connectivity index (χ1) is 8.79. The molecule has 1 aromatic carbocycles. The Labute approximate surface area is 110 Å². The molecule has 1 aromatic heterocycles. The summed E-state index contributed by atoms with van der Waals surface area (Å²) in [4.78, 5) is 4.37. The molecule has 4 nitrogen and oxygen atoms in total. The highest BCUT2D eigenvalue weighted by Gasteiger charge is 2.07. The summed E-state index contributed by atoms with van der Waals surface area (Å²) in [5.41, 5.74) is 1.79. The van der Waals surface area contributed by atoms with Gasteiger partial charge < -0.3 is 14.6 Å². The molecule has 2 N–H and O–H groups in total. The van der Waals surface area contributed by atoms with Crippen LogP contribution in [0, 0.1) is 0 Å². The van der Waals surface area contributed by atoms with Crippen LogP contribution in [0.2, 0.25) is 0 Å². The monoisotopic (exact) mass is 265 g/mol. The number of oxazole rings is 1. The molecule has 0 spiro atoms. The van der Waals surface area contributed by atoms with E-state index in [9.17, 15) is 5.11 Å². The van der Waals surface area contributed by atoms with Gasteiger partial charge in [0.15, 0.2) is 0 Å². The molecule has 0 amide bonds. The molecule has 0 saturated heterocycles. The van der Waals surface area contributed by atoms with Crippen LogP contribution in [0.4, 0.5) is 0 Å². The third kappa shape index (κ3) is 3.60. The van der Waals surface area contributed by atoms with Crippen LogP contribution in [0.5, 0.6) is 0 Å². The van der Waals surface area contributed by atoms with Crippen molar-refractivity contribution >= 4 is 11.8 Å². The van der Waals surface area contributed by atoms with E-state index in [0.29, 0.717) is 17.4 Å². The molecule has 0 saturated carbocycles. The van der Waals surface area contributed by atoms with Crippen LogP contribution in [-0.4, -0.2) is 33.7 Å². The summed E-state index contributed by atoms with van der Waals surface area (Å²) in [6, 6.07) is 9.70. The van der Waals surface area contributed by atoms with Crippen LogP contribution in [0.15, 0.2) is 41.0 Å². The lowest BCUT2D eigenvalue weighted by molar-refractivity contribution is 0.113. The molecule has 0 bridgehead atoms. The highest BCUT2D eigenvalue weighted by atomic mass is 32.2. The molecule has 0 radical (unpaired) electrons. The van der Waals surface area contributed by atoms with Gasteiger partial charge in [0.05, 0.1) is 18.4 Å². The van der Waals surface area contributed by atoms with E-state index in [1.165, 1.54) is 11.8 Å². The fourth-order valence-electron chi connectivity index (χ4n) is 1.44. The Balaban J connectivity index is 1.91. The maximum absolute atomic E-state index is 9.20.